The first kappa shape index (κ1) is 29.6. The van der Waals surface area contributed by atoms with Crippen LogP contribution in [0.15, 0.2) is 164 Å². The third-order valence-corrected chi connectivity index (χ3v) is 10.8. The van der Waals surface area contributed by atoms with Gasteiger partial charge in [-0.2, -0.15) is 0 Å². The molecule has 0 fully saturated rings. The highest BCUT2D eigenvalue weighted by Crippen LogP contribution is 2.45. The maximum atomic E-state index is 4.35. The Morgan fingerprint density at radius 2 is 1.00 bits per heavy atom. The summed E-state index contributed by atoms with van der Waals surface area (Å²) in [6.07, 6.45) is 3.75. The summed E-state index contributed by atoms with van der Waals surface area (Å²) in [6.45, 7) is 6.90. The van der Waals surface area contributed by atoms with Gasteiger partial charge in [0.25, 0.3) is 0 Å². The molecule has 0 saturated heterocycles. The molecule has 2 aromatic heterocycles. The molecule has 10 aromatic rings. The van der Waals surface area contributed by atoms with Crippen LogP contribution in [0.1, 0.15) is 26.3 Å². The maximum Gasteiger partial charge on any atom is 0.0541 e. The van der Waals surface area contributed by atoms with Gasteiger partial charge >= 0.3 is 0 Å². The van der Waals surface area contributed by atoms with E-state index in [2.05, 4.69) is 176 Å². The van der Waals surface area contributed by atoms with Crippen molar-refractivity contribution in [2.45, 2.75) is 26.2 Å². The number of para-hydroxylation sites is 2. The lowest BCUT2D eigenvalue weighted by Gasteiger charge is -2.23. The molecule has 2 heteroatoms. The Kier molecular flexibility index (Phi) is 6.47. The van der Waals surface area contributed by atoms with Gasteiger partial charge in [0.1, 0.15) is 0 Å². The summed E-state index contributed by atoms with van der Waals surface area (Å²) in [5.41, 5.74) is 12.2. The Balaban J connectivity index is 1.20. The van der Waals surface area contributed by atoms with Gasteiger partial charge in [0.2, 0.25) is 0 Å². The van der Waals surface area contributed by atoms with Gasteiger partial charge in [0, 0.05) is 28.9 Å². The van der Waals surface area contributed by atoms with Gasteiger partial charge in [-0.15, -0.1) is 0 Å². The first-order chi connectivity index (χ1) is 24.9. The van der Waals surface area contributed by atoms with Crippen LogP contribution in [0, 0.1) is 0 Å². The van der Waals surface area contributed by atoms with E-state index in [1.165, 1.54) is 87.5 Å². The smallest absolute Gasteiger partial charge is 0.0541 e. The van der Waals surface area contributed by atoms with E-state index >= 15 is 0 Å². The number of pyridine rings is 1. The number of benzene rings is 8. The summed E-state index contributed by atoms with van der Waals surface area (Å²) in [5, 5.41) is 10.4. The fraction of sp³-hybridized carbons (Fsp3) is 0.0816. The first-order valence-corrected chi connectivity index (χ1v) is 17.8. The summed E-state index contributed by atoms with van der Waals surface area (Å²) in [6, 6.07) is 56.2. The highest BCUT2D eigenvalue weighted by molar-refractivity contribution is 6.28. The highest BCUT2D eigenvalue weighted by atomic mass is 15.0. The highest BCUT2D eigenvalue weighted by Gasteiger charge is 2.20. The first-order valence-electron chi connectivity index (χ1n) is 17.8. The monoisotopic (exact) mass is 652 g/mol. The van der Waals surface area contributed by atoms with Crippen molar-refractivity contribution in [3.8, 4) is 39.1 Å². The minimum atomic E-state index is 0.0644. The molecule has 2 nitrogen and oxygen atoms in total. The van der Waals surface area contributed by atoms with Crippen LogP contribution in [0.4, 0.5) is 0 Å². The van der Waals surface area contributed by atoms with Crippen LogP contribution in [0.5, 0.6) is 0 Å². The van der Waals surface area contributed by atoms with Crippen LogP contribution < -0.4 is 0 Å². The largest absolute Gasteiger partial charge is 0.309 e. The van der Waals surface area contributed by atoms with Gasteiger partial charge < -0.3 is 4.57 Å². The predicted octanol–water partition coefficient (Wildman–Crippen LogP) is 13.4. The molecule has 0 radical (unpaired) electrons. The second-order valence-electron chi connectivity index (χ2n) is 14.9. The Bertz CT molecular complexity index is 2830. The second-order valence-corrected chi connectivity index (χ2v) is 14.9. The number of rotatable bonds is 4. The molecule has 0 aliphatic rings. The number of fused-ring (bicyclic) bond motifs is 3. The van der Waals surface area contributed by atoms with Gasteiger partial charge in [-0.3, -0.25) is 4.98 Å². The van der Waals surface area contributed by atoms with E-state index in [1.54, 1.807) is 0 Å². The molecule has 0 saturated carbocycles. The van der Waals surface area contributed by atoms with Crippen molar-refractivity contribution >= 4 is 54.1 Å². The molecular weight excluding hydrogens is 617 g/mol. The lowest BCUT2D eigenvalue weighted by atomic mass is 9.81. The lowest BCUT2D eigenvalue weighted by Crippen LogP contribution is -2.10. The molecule has 0 spiro atoms. The second kappa shape index (κ2) is 11.1. The molecular formula is C49H36N2. The fourth-order valence-electron chi connectivity index (χ4n) is 8.19. The van der Waals surface area contributed by atoms with E-state index < -0.39 is 0 Å². The average Bonchev–Trinajstić information content (AvgIpc) is 3.51. The molecule has 0 aliphatic heterocycles. The lowest BCUT2D eigenvalue weighted by molar-refractivity contribution is 0.591. The zero-order valence-electron chi connectivity index (χ0n) is 29.0. The van der Waals surface area contributed by atoms with Crippen LogP contribution in [0.2, 0.25) is 0 Å². The van der Waals surface area contributed by atoms with Gasteiger partial charge in [-0.1, -0.05) is 136 Å². The van der Waals surface area contributed by atoms with Crippen LogP contribution in [0.25, 0.3) is 93.2 Å². The van der Waals surface area contributed by atoms with Crippen LogP contribution in [-0.4, -0.2) is 9.55 Å². The van der Waals surface area contributed by atoms with Crippen LogP contribution in [-0.2, 0) is 5.41 Å². The van der Waals surface area contributed by atoms with Crippen molar-refractivity contribution in [2.24, 2.45) is 0 Å². The normalized spacial score (nSPS) is 12.2. The van der Waals surface area contributed by atoms with E-state index in [0.717, 1.165) is 11.3 Å². The molecule has 0 aliphatic carbocycles. The quantitative estimate of drug-likeness (QED) is 0.173. The Labute approximate surface area is 297 Å². The SMILES string of the molecule is CC(C)(C)c1cc2ccc3c(-c4ccc(-c5cccnc5)cc4)cc(-c4ccc(-n5c6ccccc6c6ccccc65)cc4)c4ccc(c1)c2c34. The summed E-state index contributed by atoms with van der Waals surface area (Å²) < 4.78 is 2.39. The Morgan fingerprint density at radius 1 is 0.451 bits per heavy atom. The standard InChI is InChI=1S/C49H36N2/c1-49(2,3)37-27-34-20-24-41-43(32-16-14-31(15-17-32)36-9-8-26-50-30-36)29-44(42-25-21-35(28-37)47(34)48(41)42)33-18-22-38(23-19-33)51-45-12-6-4-10-39(45)40-11-5-7-13-46(40)51/h4-30H,1-3H3. The third kappa shape index (κ3) is 4.67. The minimum absolute atomic E-state index is 0.0644. The third-order valence-electron chi connectivity index (χ3n) is 10.8. The van der Waals surface area contributed by atoms with E-state index in [9.17, 15) is 0 Å². The molecule has 51 heavy (non-hydrogen) atoms. The zero-order chi connectivity index (χ0) is 34.3. The Morgan fingerprint density at radius 3 is 1.55 bits per heavy atom. The number of hydrogen-bond acceptors (Lipinski definition) is 1. The van der Waals surface area contributed by atoms with Gasteiger partial charge in [0.15, 0.2) is 0 Å². The van der Waals surface area contributed by atoms with Crippen molar-refractivity contribution in [2.75, 3.05) is 0 Å². The number of hydrogen-bond donors (Lipinski definition) is 0. The molecule has 8 aromatic carbocycles. The van der Waals surface area contributed by atoms with Crippen molar-refractivity contribution < 1.29 is 0 Å². The van der Waals surface area contributed by atoms with Gasteiger partial charge in [-0.25, -0.2) is 0 Å². The maximum absolute atomic E-state index is 4.35. The zero-order valence-corrected chi connectivity index (χ0v) is 29.0. The summed E-state index contributed by atoms with van der Waals surface area (Å²) >= 11 is 0. The van der Waals surface area contributed by atoms with E-state index in [0.29, 0.717) is 0 Å². The summed E-state index contributed by atoms with van der Waals surface area (Å²) in [5.74, 6) is 0. The molecule has 0 unspecified atom stereocenters. The summed E-state index contributed by atoms with van der Waals surface area (Å²) in [7, 11) is 0. The minimum Gasteiger partial charge on any atom is -0.309 e. The Hall–Kier alpha value is -6.25. The topological polar surface area (TPSA) is 17.8 Å². The molecule has 0 N–H and O–H groups in total. The fourth-order valence-corrected chi connectivity index (χ4v) is 8.19. The van der Waals surface area contributed by atoms with E-state index in [-0.39, 0.29) is 5.41 Å². The van der Waals surface area contributed by atoms with Crippen molar-refractivity contribution in [3.05, 3.63) is 170 Å². The molecule has 242 valence electrons. The van der Waals surface area contributed by atoms with E-state index in [1.807, 2.05) is 18.5 Å². The van der Waals surface area contributed by atoms with E-state index in [4.69, 9.17) is 0 Å². The predicted molar refractivity (Wildman–Crippen MR) is 217 cm³/mol. The number of aromatic nitrogens is 2. The molecule has 0 amide bonds. The van der Waals surface area contributed by atoms with Gasteiger partial charge in [0.05, 0.1) is 11.0 Å². The van der Waals surface area contributed by atoms with Crippen molar-refractivity contribution in [1.82, 2.24) is 9.55 Å². The number of nitrogens with zero attached hydrogens (tertiary/aromatic N) is 2. The van der Waals surface area contributed by atoms with Crippen molar-refractivity contribution in [3.63, 3.8) is 0 Å². The average molecular weight is 653 g/mol. The molecule has 0 atom stereocenters. The van der Waals surface area contributed by atoms with Crippen molar-refractivity contribution in [1.29, 1.82) is 0 Å². The van der Waals surface area contributed by atoms with Crippen LogP contribution in [0.3, 0.4) is 0 Å². The summed E-state index contributed by atoms with van der Waals surface area (Å²) in [4.78, 5) is 4.35. The molecule has 2 heterocycles. The molecule has 0 bridgehead atoms. The van der Waals surface area contributed by atoms with Crippen LogP contribution >= 0.6 is 0 Å². The van der Waals surface area contributed by atoms with Gasteiger partial charge in [-0.05, 0) is 113 Å². The molecule has 10 rings (SSSR count).